The molecule has 1 heterocycles. The number of hydrogen-bond acceptors (Lipinski definition) is 6. The molecule has 3 aromatic rings. The van der Waals surface area contributed by atoms with Gasteiger partial charge in [-0.15, -0.1) is 0 Å². The molecule has 0 radical (unpaired) electrons. The molecule has 0 atom stereocenters. The van der Waals surface area contributed by atoms with Gasteiger partial charge in [-0.05, 0) is 86.2 Å². The summed E-state index contributed by atoms with van der Waals surface area (Å²) in [6, 6.07) is 20.6. The Bertz CT molecular complexity index is 1430. The molecular formula is C30H27ClN2O6. The molecule has 0 bridgehead atoms. The number of carbonyl (C=O) groups is 3. The highest BCUT2D eigenvalue weighted by atomic mass is 35.5. The summed E-state index contributed by atoms with van der Waals surface area (Å²) in [4.78, 5) is 40.0. The molecule has 0 aliphatic carbocycles. The van der Waals surface area contributed by atoms with Crippen molar-refractivity contribution in [1.29, 1.82) is 0 Å². The van der Waals surface area contributed by atoms with Gasteiger partial charge in [0.15, 0.2) is 6.61 Å². The second kappa shape index (κ2) is 12.3. The highest BCUT2D eigenvalue weighted by Crippen LogP contribution is 2.36. The number of hydrogen-bond donors (Lipinski definition) is 1. The summed E-state index contributed by atoms with van der Waals surface area (Å²) in [7, 11) is 1.57. The number of methoxy groups -OCH3 is 1. The molecule has 2 amide bonds. The van der Waals surface area contributed by atoms with Crippen molar-refractivity contribution in [3.63, 3.8) is 0 Å². The van der Waals surface area contributed by atoms with E-state index < -0.39 is 5.97 Å². The van der Waals surface area contributed by atoms with E-state index in [1.807, 2.05) is 0 Å². The minimum absolute atomic E-state index is 0.177. The van der Waals surface area contributed by atoms with Crippen molar-refractivity contribution in [1.82, 2.24) is 0 Å². The molecule has 0 saturated heterocycles. The van der Waals surface area contributed by atoms with Crippen molar-refractivity contribution in [3.8, 4) is 11.5 Å². The molecule has 0 fully saturated rings. The lowest BCUT2D eigenvalue weighted by Crippen LogP contribution is -2.24. The molecule has 0 saturated carbocycles. The number of benzene rings is 3. The number of nitrogens with one attached hydrogen (secondary N) is 1. The average molecular weight is 547 g/mol. The average Bonchev–Trinajstić information content (AvgIpc) is 3.18. The van der Waals surface area contributed by atoms with E-state index >= 15 is 0 Å². The second-order valence-electron chi connectivity index (χ2n) is 8.49. The maximum absolute atomic E-state index is 13.5. The molecule has 3 aromatic carbocycles. The number of carbonyl (C=O) groups excluding carboxylic acids is 3. The summed E-state index contributed by atoms with van der Waals surface area (Å²) in [5.41, 5.74) is 2.77. The van der Waals surface area contributed by atoms with Crippen LogP contribution in [0.25, 0.3) is 6.08 Å². The Hall–Kier alpha value is -4.56. The fraction of sp³-hybridized carbons (Fsp3) is 0.167. The van der Waals surface area contributed by atoms with E-state index in [4.69, 9.17) is 25.8 Å². The van der Waals surface area contributed by atoms with Crippen molar-refractivity contribution in [2.45, 2.75) is 13.8 Å². The molecule has 1 N–H and O–H groups in total. The van der Waals surface area contributed by atoms with Crippen LogP contribution in [-0.2, 0) is 19.1 Å². The molecule has 39 heavy (non-hydrogen) atoms. The van der Waals surface area contributed by atoms with Crippen LogP contribution in [0.15, 0.2) is 89.6 Å². The van der Waals surface area contributed by atoms with E-state index in [0.29, 0.717) is 39.2 Å². The molecule has 0 unspecified atom stereocenters. The Morgan fingerprint density at radius 3 is 2.21 bits per heavy atom. The Kier molecular flexibility index (Phi) is 8.68. The largest absolute Gasteiger partial charge is 0.497 e. The van der Waals surface area contributed by atoms with Crippen LogP contribution >= 0.6 is 11.6 Å². The number of rotatable bonds is 9. The lowest BCUT2D eigenvalue weighted by atomic mass is 10.0. The van der Waals surface area contributed by atoms with E-state index in [0.717, 1.165) is 0 Å². The summed E-state index contributed by atoms with van der Waals surface area (Å²) >= 11 is 6.01. The quantitative estimate of drug-likeness (QED) is 0.276. The predicted molar refractivity (Wildman–Crippen MR) is 150 cm³/mol. The lowest BCUT2D eigenvalue weighted by molar-refractivity contribution is -0.138. The Balaban J connectivity index is 1.48. The van der Waals surface area contributed by atoms with Gasteiger partial charge >= 0.3 is 5.97 Å². The molecular weight excluding hydrogens is 520 g/mol. The predicted octanol–water partition coefficient (Wildman–Crippen LogP) is 5.63. The number of ether oxygens (including phenoxy) is 3. The van der Waals surface area contributed by atoms with E-state index in [1.165, 1.54) is 4.90 Å². The summed E-state index contributed by atoms with van der Waals surface area (Å²) < 4.78 is 15.9. The van der Waals surface area contributed by atoms with E-state index in [-0.39, 0.29) is 36.2 Å². The van der Waals surface area contributed by atoms with Crippen molar-refractivity contribution in [2.24, 2.45) is 0 Å². The van der Waals surface area contributed by atoms with Crippen LogP contribution in [0.2, 0.25) is 5.02 Å². The number of allylic oxidation sites excluding steroid dienone is 1. The van der Waals surface area contributed by atoms with E-state index in [9.17, 15) is 14.4 Å². The SMILES string of the molecule is CCOC(=O)C1=C(C)N(c2ccc(Cl)cc2)C(=O)/C1=C\c1ccc(OCC(=O)Nc2ccc(OC)cc2)cc1. The van der Waals surface area contributed by atoms with Gasteiger partial charge < -0.3 is 19.5 Å². The maximum Gasteiger partial charge on any atom is 0.340 e. The minimum atomic E-state index is -0.575. The zero-order valence-corrected chi connectivity index (χ0v) is 22.5. The Morgan fingerprint density at radius 2 is 1.59 bits per heavy atom. The number of halogens is 1. The van der Waals surface area contributed by atoms with Gasteiger partial charge in [-0.1, -0.05) is 23.7 Å². The normalized spacial score (nSPS) is 14.0. The van der Waals surface area contributed by atoms with Gasteiger partial charge in [0, 0.05) is 22.1 Å². The number of amides is 2. The molecule has 0 aromatic heterocycles. The first-order valence-corrected chi connectivity index (χ1v) is 12.6. The van der Waals surface area contributed by atoms with Crippen LogP contribution in [0.3, 0.4) is 0 Å². The van der Waals surface area contributed by atoms with Crippen LogP contribution in [0.4, 0.5) is 11.4 Å². The molecule has 9 heteroatoms. The van der Waals surface area contributed by atoms with Crippen molar-refractivity contribution < 1.29 is 28.6 Å². The number of nitrogens with zero attached hydrogens (tertiary/aromatic N) is 1. The van der Waals surface area contributed by atoms with Gasteiger partial charge in [-0.25, -0.2) is 4.79 Å². The lowest BCUT2D eigenvalue weighted by Gasteiger charge is -2.18. The van der Waals surface area contributed by atoms with Gasteiger partial charge in [-0.2, -0.15) is 0 Å². The van der Waals surface area contributed by atoms with Crippen LogP contribution in [0, 0.1) is 0 Å². The van der Waals surface area contributed by atoms with Gasteiger partial charge in [0.1, 0.15) is 11.5 Å². The van der Waals surface area contributed by atoms with Crippen LogP contribution in [-0.4, -0.2) is 38.1 Å². The number of esters is 1. The monoisotopic (exact) mass is 546 g/mol. The molecule has 1 aliphatic rings. The Morgan fingerprint density at radius 1 is 0.949 bits per heavy atom. The van der Waals surface area contributed by atoms with E-state index in [1.54, 1.807) is 99.8 Å². The third-order valence-corrected chi connectivity index (χ3v) is 6.15. The molecule has 4 rings (SSSR count). The Labute approximate surface area is 231 Å². The number of anilines is 2. The van der Waals surface area contributed by atoms with Gasteiger partial charge in [0.25, 0.3) is 11.8 Å². The van der Waals surface area contributed by atoms with Crippen molar-refractivity contribution >= 4 is 46.8 Å². The zero-order chi connectivity index (χ0) is 27.9. The minimum Gasteiger partial charge on any atom is -0.497 e. The third-order valence-electron chi connectivity index (χ3n) is 5.90. The third kappa shape index (κ3) is 6.48. The standard InChI is InChI=1S/C30H27ClN2O6/c1-4-38-30(36)28-19(2)33(23-11-7-21(31)8-12-23)29(35)26(28)17-20-5-13-25(14-6-20)39-18-27(34)32-22-9-15-24(37-3)16-10-22/h5-17H,4,18H2,1-3H3,(H,32,34)/b26-17-. The van der Waals surface area contributed by atoms with Crippen LogP contribution in [0.5, 0.6) is 11.5 Å². The highest BCUT2D eigenvalue weighted by Gasteiger charge is 2.38. The molecule has 0 spiro atoms. The molecule has 8 nitrogen and oxygen atoms in total. The van der Waals surface area contributed by atoms with Crippen LogP contribution < -0.4 is 19.7 Å². The van der Waals surface area contributed by atoms with Gasteiger partial charge in [0.05, 0.1) is 24.9 Å². The summed E-state index contributed by atoms with van der Waals surface area (Å²) in [6.45, 7) is 3.40. The van der Waals surface area contributed by atoms with Crippen molar-refractivity contribution in [3.05, 3.63) is 100 Å². The summed E-state index contributed by atoms with van der Waals surface area (Å²) in [5, 5.41) is 3.29. The van der Waals surface area contributed by atoms with Gasteiger partial charge in [0.2, 0.25) is 0 Å². The second-order valence-corrected chi connectivity index (χ2v) is 8.93. The fourth-order valence-corrected chi connectivity index (χ4v) is 4.16. The van der Waals surface area contributed by atoms with Crippen molar-refractivity contribution in [2.75, 3.05) is 30.5 Å². The first-order chi connectivity index (χ1) is 18.8. The summed E-state index contributed by atoms with van der Waals surface area (Å²) in [5.74, 6) is -0.0802. The first kappa shape index (κ1) is 27.5. The maximum atomic E-state index is 13.5. The topological polar surface area (TPSA) is 94.2 Å². The smallest absolute Gasteiger partial charge is 0.340 e. The zero-order valence-electron chi connectivity index (χ0n) is 21.7. The fourth-order valence-electron chi connectivity index (χ4n) is 4.03. The highest BCUT2D eigenvalue weighted by molar-refractivity contribution is 6.30. The van der Waals surface area contributed by atoms with Crippen LogP contribution in [0.1, 0.15) is 19.4 Å². The van der Waals surface area contributed by atoms with Gasteiger partial charge in [-0.3, -0.25) is 14.5 Å². The summed E-state index contributed by atoms with van der Waals surface area (Å²) in [6.07, 6.45) is 1.63. The molecule has 200 valence electrons. The first-order valence-electron chi connectivity index (χ1n) is 12.2. The van der Waals surface area contributed by atoms with E-state index in [2.05, 4.69) is 5.32 Å². The molecule has 1 aliphatic heterocycles.